The molecule has 0 saturated heterocycles. The van der Waals surface area contributed by atoms with Gasteiger partial charge in [0.15, 0.2) is 0 Å². The van der Waals surface area contributed by atoms with Gasteiger partial charge in [0, 0.05) is 4.90 Å². The maximum absolute atomic E-state index is 12.2. The van der Waals surface area contributed by atoms with Gasteiger partial charge in [-0.3, -0.25) is 4.79 Å². The molecule has 0 radical (unpaired) electrons. The topological polar surface area (TPSA) is 79.2 Å². The van der Waals surface area contributed by atoms with E-state index in [4.69, 9.17) is 10.00 Å². The zero-order chi connectivity index (χ0) is 17.1. The van der Waals surface area contributed by atoms with Crippen molar-refractivity contribution in [2.24, 2.45) is 0 Å². The summed E-state index contributed by atoms with van der Waals surface area (Å²) in [6, 6.07) is 14.0. The lowest BCUT2D eigenvalue weighted by atomic mass is 10.1. The Labute approximate surface area is 143 Å². The Morgan fingerprint density at radius 1 is 1.29 bits per heavy atom. The Hall–Kier alpha value is -2.78. The molecule has 0 fully saturated rings. The molecular weight excluding hydrogens is 324 g/mol. The summed E-state index contributed by atoms with van der Waals surface area (Å²) in [6.07, 6.45) is 0. The molecule has 5 nitrogen and oxygen atoms in total. The van der Waals surface area contributed by atoms with Gasteiger partial charge in [-0.15, -0.1) is 11.8 Å². The molecule has 1 heterocycles. The highest BCUT2D eigenvalue weighted by molar-refractivity contribution is 8.00. The van der Waals surface area contributed by atoms with Gasteiger partial charge >= 0.3 is 5.97 Å². The van der Waals surface area contributed by atoms with E-state index in [-0.39, 0.29) is 17.8 Å². The summed E-state index contributed by atoms with van der Waals surface area (Å²) in [4.78, 5) is 24.8. The highest BCUT2D eigenvalue weighted by Crippen LogP contribution is 2.36. The first-order valence-corrected chi connectivity index (χ1v) is 8.22. The van der Waals surface area contributed by atoms with Gasteiger partial charge in [-0.25, -0.2) is 4.79 Å². The number of ether oxygens (including phenoxy) is 1. The molecule has 1 amide bonds. The first-order chi connectivity index (χ1) is 11.6. The number of hydrogen-bond donors (Lipinski definition) is 1. The van der Waals surface area contributed by atoms with Crippen LogP contribution in [0, 0.1) is 11.3 Å². The predicted molar refractivity (Wildman–Crippen MR) is 90.7 cm³/mol. The van der Waals surface area contributed by atoms with Gasteiger partial charge in [0.25, 0.3) is 0 Å². The van der Waals surface area contributed by atoms with E-state index in [9.17, 15) is 9.59 Å². The molecule has 0 saturated carbocycles. The van der Waals surface area contributed by atoms with E-state index >= 15 is 0 Å². The summed E-state index contributed by atoms with van der Waals surface area (Å²) < 4.78 is 5.29. The number of carbonyl (C=O) groups excluding carboxylic acids is 2. The van der Waals surface area contributed by atoms with Crippen LogP contribution in [0.2, 0.25) is 0 Å². The number of esters is 1. The fourth-order valence-electron chi connectivity index (χ4n) is 2.24. The van der Waals surface area contributed by atoms with Gasteiger partial charge in [0.2, 0.25) is 5.91 Å². The van der Waals surface area contributed by atoms with Gasteiger partial charge in [-0.05, 0) is 42.8 Å². The summed E-state index contributed by atoms with van der Waals surface area (Å²) >= 11 is 1.46. The number of anilines is 1. The zero-order valence-electron chi connectivity index (χ0n) is 12.9. The Balaban J connectivity index is 1.68. The van der Waals surface area contributed by atoms with Crippen LogP contribution in [0.25, 0.3) is 0 Å². The second-order valence-corrected chi connectivity index (χ2v) is 6.73. The number of nitrogens with one attached hydrogen (secondary N) is 1. The summed E-state index contributed by atoms with van der Waals surface area (Å²) in [5.41, 5.74) is 2.38. The molecule has 1 unspecified atom stereocenters. The lowest BCUT2D eigenvalue weighted by molar-refractivity contribution is -0.115. The molecule has 120 valence electrons. The van der Waals surface area contributed by atoms with Gasteiger partial charge < -0.3 is 10.1 Å². The number of nitriles is 1. The zero-order valence-corrected chi connectivity index (χ0v) is 13.7. The van der Waals surface area contributed by atoms with Crippen molar-refractivity contribution in [1.82, 2.24) is 0 Å². The molecule has 0 aliphatic carbocycles. The lowest BCUT2D eigenvalue weighted by Gasteiger charge is -2.21. The quantitative estimate of drug-likeness (QED) is 0.868. The third-order valence-electron chi connectivity index (χ3n) is 3.60. The van der Waals surface area contributed by atoms with E-state index in [0.29, 0.717) is 16.8 Å². The second kappa shape index (κ2) is 6.77. The normalized spacial score (nSPS) is 15.8. The first-order valence-electron chi connectivity index (χ1n) is 7.34. The van der Waals surface area contributed by atoms with Gasteiger partial charge in [-0.1, -0.05) is 12.1 Å². The number of carbonyl (C=O) groups is 2. The van der Waals surface area contributed by atoms with Crippen molar-refractivity contribution in [3.8, 4) is 6.07 Å². The van der Waals surface area contributed by atoms with E-state index in [1.807, 2.05) is 19.1 Å². The molecule has 1 N–H and O–H groups in total. The van der Waals surface area contributed by atoms with Crippen LogP contribution in [-0.2, 0) is 16.1 Å². The van der Waals surface area contributed by atoms with Crippen LogP contribution in [0.3, 0.4) is 0 Å². The number of benzene rings is 2. The van der Waals surface area contributed by atoms with Gasteiger partial charge in [0.05, 0.1) is 28.1 Å². The van der Waals surface area contributed by atoms with E-state index in [0.717, 1.165) is 10.5 Å². The molecule has 24 heavy (non-hydrogen) atoms. The average Bonchev–Trinajstić information content (AvgIpc) is 2.60. The third kappa shape index (κ3) is 3.42. The minimum Gasteiger partial charge on any atom is -0.457 e. The van der Waals surface area contributed by atoms with E-state index < -0.39 is 5.97 Å². The fraction of sp³-hybridized carbons (Fsp3) is 0.167. The Morgan fingerprint density at radius 2 is 2.04 bits per heavy atom. The average molecular weight is 338 g/mol. The molecule has 2 aromatic rings. The number of hydrogen-bond acceptors (Lipinski definition) is 5. The van der Waals surface area contributed by atoms with Crippen molar-refractivity contribution in [2.75, 3.05) is 5.32 Å². The SMILES string of the molecule is CC1Sc2ccc(C(=O)OCc3ccc(C#N)cc3)cc2NC1=O. The summed E-state index contributed by atoms with van der Waals surface area (Å²) in [5.74, 6) is -0.532. The van der Waals surface area contributed by atoms with Crippen molar-refractivity contribution in [2.45, 2.75) is 23.7 Å². The largest absolute Gasteiger partial charge is 0.457 e. The van der Waals surface area contributed by atoms with Gasteiger partial charge in [0.1, 0.15) is 6.61 Å². The molecule has 3 rings (SSSR count). The van der Waals surface area contributed by atoms with E-state index in [1.54, 1.807) is 36.4 Å². The Morgan fingerprint density at radius 3 is 2.75 bits per heavy atom. The lowest BCUT2D eigenvalue weighted by Crippen LogP contribution is -2.26. The second-order valence-electron chi connectivity index (χ2n) is 5.35. The number of nitrogens with zero attached hydrogens (tertiary/aromatic N) is 1. The van der Waals surface area contributed by atoms with E-state index in [2.05, 4.69) is 5.32 Å². The van der Waals surface area contributed by atoms with Crippen LogP contribution in [-0.4, -0.2) is 17.1 Å². The summed E-state index contributed by atoms with van der Waals surface area (Å²) in [5, 5.41) is 11.4. The molecule has 0 aromatic heterocycles. The van der Waals surface area contributed by atoms with Crippen molar-refractivity contribution >= 4 is 29.3 Å². The van der Waals surface area contributed by atoms with E-state index in [1.165, 1.54) is 11.8 Å². The van der Waals surface area contributed by atoms with Crippen molar-refractivity contribution < 1.29 is 14.3 Å². The highest BCUT2D eigenvalue weighted by Gasteiger charge is 2.24. The van der Waals surface area contributed by atoms with Crippen LogP contribution in [0.4, 0.5) is 5.69 Å². The number of thioether (sulfide) groups is 1. The maximum atomic E-state index is 12.2. The molecule has 6 heteroatoms. The Kier molecular flexibility index (Phi) is 4.54. The standard InChI is InChI=1S/C18H14N2O3S/c1-11-17(21)20-15-8-14(6-7-16(15)24-11)18(22)23-10-13-4-2-12(9-19)3-5-13/h2-8,11H,10H2,1H3,(H,20,21). The van der Waals surface area contributed by atoms with Crippen molar-refractivity contribution in [3.05, 3.63) is 59.2 Å². The minimum atomic E-state index is -0.458. The molecule has 0 bridgehead atoms. The molecule has 2 aromatic carbocycles. The van der Waals surface area contributed by atoms with Crippen LogP contribution < -0.4 is 5.32 Å². The van der Waals surface area contributed by atoms with Crippen molar-refractivity contribution in [3.63, 3.8) is 0 Å². The van der Waals surface area contributed by atoms with Crippen LogP contribution >= 0.6 is 11.8 Å². The first kappa shape index (κ1) is 16.1. The number of rotatable bonds is 3. The molecule has 1 aliphatic rings. The molecule has 1 aliphatic heterocycles. The minimum absolute atomic E-state index is 0.0735. The molecule has 1 atom stereocenters. The monoisotopic (exact) mass is 338 g/mol. The smallest absolute Gasteiger partial charge is 0.338 e. The highest BCUT2D eigenvalue weighted by atomic mass is 32.2. The summed E-state index contributed by atoms with van der Waals surface area (Å²) in [7, 11) is 0. The molecular formula is C18H14N2O3S. The van der Waals surface area contributed by atoms with Crippen LogP contribution in [0.15, 0.2) is 47.4 Å². The maximum Gasteiger partial charge on any atom is 0.338 e. The van der Waals surface area contributed by atoms with Gasteiger partial charge in [-0.2, -0.15) is 5.26 Å². The fourth-order valence-corrected chi connectivity index (χ4v) is 3.17. The number of fused-ring (bicyclic) bond motifs is 1. The Bertz CT molecular complexity index is 840. The summed E-state index contributed by atoms with van der Waals surface area (Å²) in [6.45, 7) is 1.96. The van der Waals surface area contributed by atoms with Crippen LogP contribution in [0.5, 0.6) is 0 Å². The predicted octanol–water partition coefficient (Wildman–Crippen LogP) is 3.35. The van der Waals surface area contributed by atoms with Crippen molar-refractivity contribution in [1.29, 1.82) is 5.26 Å². The number of amides is 1. The van der Waals surface area contributed by atoms with Crippen LogP contribution in [0.1, 0.15) is 28.4 Å². The molecule has 0 spiro atoms. The third-order valence-corrected chi connectivity index (χ3v) is 4.78.